The van der Waals surface area contributed by atoms with Crippen LogP contribution in [0.15, 0.2) is 158 Å². The van der Waals surface area contributed by atoms with Gasteiger partial charge in [-0.2, -0.15) is 71.1 Å². The highest BCUT2D eigenvalue weighted by molar-refractivity contribution is 6.13. The van der Waals surface area contributed by atoms with Gasteiger partial charge in [-0.1, -0.05) is 72.8 Å². The Morgan fingerprint density at radius 2 is 0.667 bits per heavy atom. The van der Waals surface area contributed by atoms with E-state index in [0.717, 1.165) is 18.2 Å². The third kappa shape index (κ3) is 8.31. The van der Waals surface area contributed by atoms with E-state index in [0.29, 0.717) is 56.8 Å². The Kier molecular flexibility index (Phi) is 10.8. The number of alkyl halides is 15. The summed E-state index contributed by atoms with van der Waals surface area (Å²) in [5.41, 5.74) is -8.08. The van der Waals surface area contributed by atoms with E-state index < -0.39 is 69.8 Å². The van der Waals surface area contributed by atoms with Gasteiger partial charge in [0.1, 0.15) is 0 Å². The number of rotatable bonds is 5. The molecule has 0 unspecified atom stereocenters. The molecule has 0 radical (unpaired) electrons. The van der Waals surface area contributed by atoms with Crippen molar-refractivity contribution in [1.82, 2.24) is 9.13 Å². The first kappa shape index (κ1) is 47.5. The summed E-state index contributed by atoms with van der Waals surface area (Å²) in [6.07, 6.45) is -25.7. The van der Waals surface area contributed by atoms with Gasteiger partial charge in [-0.25, -0.2) is 0 Å². The topological polar surface area (TPSA) is 33.6 Å². The van der Waals surface area contributed by atoms with E-state index in [9.17, 15) is 71.1 Å². The number of fused-ring (bicyclic) bond motifs is 6. The monoisotopic (exact) mass is 1000 g/mol. The first-order valence-electron chi connectivity index (χ1n) is 21.2. The first-order chi connectivity index (χ1) is 33.8. The molecule has 3 nitrogen and oxygen atoms in total. The van der Waals surface area contributed by atoms with Crippen LogP contribution in [0.5, 0.6) is 0 Å². The molecule has 0 atom stereocenters. The summed E-state index contributed by atoms with van der Waals surface area (Å²) in [6, 6.07) is 32.2. The van der Waals surface area contributed by atoms with E-state index in [1.807, 2.05) is 0 Å². The molecule has 0 aliphatic heterocycles. The maximum Gasteiger partial charge on any atom is 0.416 e. The van der Waals surface area contributed by atoms with Crippen molar-refractivity contribution in [2.75, 3.05) is 0 Å². The normalized spacial score (nSPS) is 12.9. The maximum atomic E-state index is 14.7. The zero-order chi connectivity index (χ0) is 51.4. The Balaban J connectivity index is 1.34. The van der Waals surface area contributed by atoms with Crippen molar-refractivity contribution >= 4 is 43.6 Å². The average Bonchev–Trinajstić information content (AvgIpc) is 3.84. The SMILES string of the molecule is N#Cc1cc(-n2c3ccccc3c3ccc(-c4cc(C(F)(F)F)cc(C(F)(F)F)c4)cc32)c(-c2cccc(C(F)(F)F)c2)c(-n2c3ccccc3c3ccc(-c4cc(C(F)(F)F)cc(C(F)(F)F)c4)cc32)c1. The van der Waals surface area contributed by atoms with Gasteiger partial charge < -0.3 is 9.13 Å². The van der Waals surface area contributed by atoms with Crippen LogP contribution in [0.2, 0.25) is 0 Å². The van der Waals surface area contributed by atoms with Gasteiger partial charge in [0.05, 0.1) is 72.9 Å². The fourth-order valence-electron chi connectivity index (χ4n) is 9.24. The minimum absolute atomic E-state index is 0.0125. The van der Waals surface area contributed by atoms with Gasteiger partial charge in [0.2, 0.25) is 0 Å². The summed E-state index contributed by atoms with van der Waals surface area (Å²) < 4.78 is 217. The third-order valence-electron chi connectivity index (χ3n) is 12.4. The molecule has 0 spiro atoms. The smallest absolute Gasteiger partial charge is 0.308 e. The summed E-state index contributed by atoms with van der Waals surface area (Å²) in [5, 5.41) is 12.4. The molecule has 0 aliphatic rings. The van der Waals surface area contributed by atoms with Crippen molar-refractivity contribution in [2.45, 2.75) is 30.9 Å². The van der Waals surface area contributed by atoms with Gasteiger partial charge in [0, 0.05) is 27.1 Å². The number of aromatic nitrogens is 2. The van der Waals surface area contributed by atoms with E-state index >= 15 is 0 Å². The molecule has 2 aromatic heterocycles. The number of hydrogen-bond acceptors (Lipinski definition) is 1. The Morgan fingerprint density at radius 3 is 1.04 bits per heavy atom. The average molecular weight is 1000 g/mol. The van der Waals surface area contributed by atoms with Crippen LogP contribution in [0.3, 0.4) is 0 Å². The minimum Gasteiger partial charge on any atom is -0.308 e. The number of nitrogens with zero attached hydrogens (tertiary/aromatic N) is 3. The van der Waals surface area contributed by atoms with Crippen LogP contribution in [-0.4, -0.2) is 9.13 Å². The van der Waals surface area contributed by atoms with Crippen molar-refractivity contribution in [1.29, 1.82) is 5.26 Å². The highest BCUT2D eigenvalue weighted by Crippen LogP contribution is 2.47. The molecule has 10 aromatic rings. The van der Waals surface area contributed by atoms with Gasteiger partial charge in [-0.15, -0.1) is 0 Å². The molecule has 0 saturated carbocycles. The minimum atomic E-state index is -5.20. The number of para-hydroxylation sites is 2. The van der Waals surface area contributed by atoms with Crippen LogP contribution in [0.4, 0.5) is 65.9 Å². The lowest BCUT2D eigenvalue weighted by Crippen LogP contribution is -2.11. The quantitative estimate of drug-likeness (QED) is 0.158. The second kappa shape index (κ2) is 16.4. The number of hydrogen-bond donors (Lipinski definition) is 0. The zero-order valence-corrected chi connectivity index (χ0v) is 36.0. The molecule has 362 valence electrons. The number of benzene rings is 8. The molecule has 0 N–H and O–H groups in total. The fraction of sp³-hybridized carbons (Fsp3) is 0.0926. The molecule has 10 rings (SSSR count). The van der Waals surface area contributed by atoms with E-state index in [2.05, 4.69) is 6.07 Å². The molecule has 0 bridgehead atoms. The van der Waals surface area contributed by atoms with Crippen LogP contribution in [0, 0.1) is 11.3 Å². The van der Waals surface area contributed by atoms with Gasteiger partial charge >= 0.3 is 30.9 Å². The molecule has 0 aliphatic carbocycles. The zero-order valence-electron chi connectivity index (χ0n) is 36.0. The lowest BCUT2D eigenvalue weighted by molar-refractivity contribution is -0.144. The van der Waals surface area contributed by atoms with Crippen molar-refractivity contribution in [3.8, 4) is 50.8 Å². The lowest BCUT2D eigenvalue weighted by Gasteiger charge is -2.22. The summed E-state index contributed by atoms with van der Waals surface area (Å²) in [5.74, 6) is 0. The molecule has 0 saturated heterocycles. The molecular formula is C54H26F15N3. The van der Waals surface area contributed by atoms with Crippen LogP contribution >= 0.6 is 0 Å². The standard InChI is InChI=1S/C54H26F15N3/c55-50(56,57)34-7-5-6-31(18-34)49-47(71-43-10-3-1-8-39(43)41-14-12-29(23-45(41)71)32-19-35(51(58,59)60)25-36(20-32)52(61,62)63)16-28(27-70)17-48(49)72-44-11-4-2-9-40(44)42-15-13-30(24-46(42)72)33-21-37(53(64,65)66)26-38(22-33)54(67,68)69/h1-26H. The fourth-order valence-corrected chi connectivity index (χ4v) is 9.24. The summed E-state index contributed by atoms with van der Waals surface area (Å²) >= 11 is 0. The largest absolute Gasteiger partial charge is 0.416 e. The Morgan fingerprint density at radius 1 is 0.306 bits per heavy atom. The molecule has 72 heavy (non-hydrogen) atoms. The maximum absolute atomic E-state index is 14.7. The lowest BCUT2D eigenvalue weighted by atomic mass is 9.96. The molecular weight excluding hydrogens is 976 g/mol. The highest BCUT2D eigenvalue weighted by atomic mass is 19.4. The Hall–Kier alpha value is -8.20. The molecule has 18 heteroatoms. The number of nitriles is 1. The van der Waals surface area contributed by atoms with Crippen LogP contribution in [-0.2, 0) is 30.9 Å². The summed E-state index contributed by atoms with van der Waals surface area (Å²) in [6.45, 7) is 0. The molecule has 0 fully saturated rings. The van der Waals surface area contributed by atoms with Gasteiger partial charge in [0.15, 0.2) is 0 Å². The van der Waals surface area contributed by atoms with Gasteiger partial charge in [-0.3, -0.25) is 0 Å². The van der Waals surface area contributed by atoms with Crippen molar-refractivity contribution in [3.63, 3.8) is 0 Å². The van der Waals surface area contributed by atoms with Crippen LogP contribution in [0.25, 0.3) is 88.4 Å². The first-order valence-corrected chi connectivity index (χ1v) is 21.2. The molecule has 2 heterocycles. The second-order valence-corrected chi connectivity index (χ2v) is 16.8. The van der Waals surface area contributed by atoms with Gasteiger partial charge in [-0.05, 0) is 113 Å². The van der Waals surface area contributed by atoms with Gasteiger partial charge in [0.25, 0.3) is 0 Å². The second-order valence-electron chi connectivity index (χ2n) is 16.8. The number of halogens is 15. The summed E-state index contributed by atoms with van der Waals surface area (Å²) in [4.78, 5) is 0. The predicted octanol–water partition coefficient (Wildman–Crippen LogP) is 17.8. The molecule has 0 amide bonds. The Bertz CT molecular complexity index is 3600. The predicted molar refractivity (Wildman–Crippen MR) is 241 cm³/mol. The summed E-state index contributed by atoms with van der Waals surface area (Å²) in [7, 11) is 0. The van der Waals surface area contributed by atoms with Crippen LogP contribution < -0.4 is 0 Å². The van der Waals surface area contributed by atoms with E-state index in [-0.39, 0.29) is 62.4 Å². The van der Waals surface area contributed by atoms with Crippen molar-refractivity contribution in [3.05, 3.63) is 191 Å². The third-order valence-corrected chi connectivity index (χ3v) is 12.4. The van der Waals surface area contributed by atoms with E-state index in [1.165, 1.54) is 63.7 Å². The van der Waals surface area contributed by atoms with E-state index in [4.69, 9.17) is 0 Å². The van der Waals surface area contributed by atoms with E-state index in [1.54, 1.807) is 48.5 Å². The van der Waals surface area contributed by atoms with Crippen molar-refractivity contribution < 1.29 is 65.9 Å². The Labute approximate surface area is 395 Å². The van der Waals surface area contributed by atoms with Crippen LogP contribution in [0.1, 0.15) is 33.4 Å². The molecule has 8 aromatic carbocycles. The van der Waals surface area contributed by atoms with Crippen molar-refractivity contribution in [2.24, 2.45) is 0 Å². The highest BCUT2D eigenvalue weighted by Gasteiger charge is 2.39.